The second kappa shape index (κ2) is 2.94. The Balaban J connectivity index is 3.59. The lowest BCUT2D eigenvalue weighted by Crippen LogP contribution is -2.07. The standard InChI is InChI=1S/C6H3N3O4/c7-2-3-4(9(12)13)1-5(10)8-6(3)11/h1H,(H2,8,10,11). The molecule has 1 aromatic rings. The summed E-state index contributed by atoms with van der Waals surface area (Å²) in [7, 11) is 0. The Morgan fingerprint density at radius 3 is 2.77 bits per heavy atom. The molecule has 0 bridgehead atoms. The van der Waals surface area contributed by atoms with E-state index in [2.05, 4.69) is 0 Å². The van der Waals surface area contributed by atoms with Gasteiger partial charge in [0.05, 0.1) is 11.0 Å². The summed E-state index contributed by atoms with van der Waals surface area (Å²) in [5.74, 6) is -0.790. The molecule has 2 N–H and O–H groups in total. The average Bonchev–Trinajstić information content (AvgIpc) is 2.02. The third-order valence-electron chi connectivity index (χ3n) is 1.31. The third kappa shape index (κ3) is 1.46. The van der Waals surface area contributed by atoms with E-state index in [1.807, 2.05) is 4.98 Å². The zero-order chi connectivity index (χ0) is 10.0. The number of H-pyrrole nitrogens is 1. The molecule has 7 nitrogen and oxygen atoms in total. The summed E-state index contributed by atoms with van der Waals surface area (Å²) >= 11 is 0. The number of aromatic nitrogens is 1. The van der Waals surface area contributed by atoms with Crippen molar-refractivity contribution in [3.8, 4) is 11.9 Å². The van der Waals surface area contributed by atoms with E-state index in [1.165, 1.54) is 6.07 Å². The van der Waals surface area contributed by atoms with Crippen LogP contribution in [0.1, 0.15) is 5.56 Å². The molecule has 0 aliphatic carbocycles. The first kappa shape index (κ1) is 8.73. The molecule has 0 radical (unpaired) electrons. The van der Waals surface area contributed by atoms with Gasteiger partial charge in [-0.3, -0.25) is 19.9 Å². The van der Waals surface area contributed by atoms with E-state index in [1.54, 1.807) is 0 Å². The number of aromatic amines is 1. The molecule has 0 unspecified atom stereocenters. The van der Waals surface area contributed by atoms with Crippen molar-refractivity contribution >= 4 is 5.69 Å². The second-order valence-corrected chi connectivity index (χ2v) is 2.11. The van der Waals surface area contributed by atoms with Crippen molar-refractivity contribution in [2.75, 3.05) is 0 Å². The molecule has 0 atom stereocenters. The summed E-state index contributed by atoms with van der Waals surface area (Å²) in [5, 5.41) is 27.6. The van der Waals surface area contributed by atoms with Crippen molar-refractivity contribution in [2.24, 2.45) is 0 Å². The highest BCUT2D eigenvalue weighted by molar-refractivity contribution is 5.52. The van der Waals surface area contributed by atoms with Crippen molar-refractivity contribution < 1.29 is 10.0 Å². The van der Waals surface area contributed by atoms with Crippen molar-refractivity contribution in [3.63, 3.8) is 0 Å². The minimum absolute atomic E-state index is 0.551. The van der Waals surface area contributed by atoms with E-state index >= 15 is 0 Å². The van der Waals surface area contributed by atoms with Gasteiger partial charge in [0.25, 0.3) is 11.2 Å². The van der Waals surface area contributed by atoms with Gasteiger partial charge in [0, 0.05) is 0 Å². The Bertz CT molecular complexity index is 456. The maximum absolute atomic E-state index is 10.7. The van der Waals surface area contributed by atoms with E-state index in [0.29, 0.717) is 6.07 Å². The number of nitrogens with one attached hydrogen (secondary N) is 1. The van der Waals surface area contributed by atoms with Gasteiger partial charge in [0.15, 0.2) is 5.56 Å². The van der Waals surface area contributed by atoms with Crippen LogP contribution in [0, 0.1) is 21.4 Å². The number of nitro groups is 1. The third-order valence-corrected chi connectivity index (χ3v) is 1.31. The summed E-state index contributed by atoms with van der Waals surface area (Å²) in [4.78, 5) is 21.9. The number of hydrogen-bond donors (Lipinski definition) is 2. The van der Waals surface area contributed by atoms with Crippen LogP contribution < -0.4 is 5.56 Å². The highest BCUT2D eigenvalue weighted by Crippen LogP contribution is 2.21. The predicted molar refractivity (Wildman–Crippen MR) is 40.1 cm³/mol. The molecule has 0 aliphatic rings. The predicted octanol–water partition coefficient (Wildman–Crippen LogP) is -0.140. The van der Waals surface area contributed by atoms with Crippen LogP contribution in [-0.2, 0) is 0 Å². The van der Waals surface area contributed by atoms with Crippen molar-refractivity contribution in [2.45, 2.75) is 0 Å². The number of nitriles is 1. The van der Waals surface area contributed by atoms with Crippen molar-refractivity contribution in [3.05, 3.63) is 32.1 Å². The highest BCUT2D eigenvalue weighted by atomic mass is 16.6. The average molecular weight is 181 g/mol. The van der Waals surface area contributed by atoms with Gasteiger partial charge in [-0.25, -0.2) is 0 Å². The quantitative estimate of drug-likeness (QED) is 0.461. The summed E-state index contributed by atoms with van der Waals surface area (Å²) in [5.41, 5.74) is -2.09. The van der Waals surface area contributed by atoms with Gasteiger partial charge < -0.3 is 5.11 Å². The van der Waals surface area contributed by atoms with Gasteiger partial charge >= 0.3 is 0 Å². The fourth-order valence-corrected chi connectivity index (χ4v) is 0.787. The van der Waals surface area contributed by atoms with Crippen molar-refractivity contribution in [1.29, 1.82) is 5.26 Å². The minimum atomic E-state index is -0.909. The molecular weight excluding hydrogens is 178 g/mol. The van der Waals surface area contributed by atoms with Crippen LogP contribution in [0.25, 0.3) is 0 Å². The van der Waals surface area contributed by atoms with E-state index in [0.717, 1.165) is 0 Å². The molecule has 7 heteroatoms. The number of hydrogen-bond acceptors (Lipinski definition) is 5. The van der Waals surface area contributed by atoms with E-state index in [9.17, 15) is 14.9 Å². The number of nitrogens with zero attached hydrogens (tertiary/aromatic N) is 2. The smallest absolute Gasteiger partial charge is 0.298 e. The lowest BCUT2D eigenvalue weighted by Gasteiger charge is -1.95. The normalized spacial score (nSPS) is 9.15. The van der Waals surface area contributed by atoms with Gasteiger partial charge in [0.1, 0.15) is 6.07 Å². The Hall–Kier alpha value is -2.36. The van der Waals surface area contributed by atoms with Crippen LogP contribution in [-0.4, -0.2) is 15.0 Å². The Labute approximate surface area is 71.0 Å². The SMILES string of the molecule is N#Cc1c([N+](=O)[O-])cc(=O)[nH]c1O. The number of rotatable bonds is 1. The molecule has 0 amide bonds. The first-order chi connectivity index (χ1) is 6.06. The van der Waals surface area contributed by atoms with Gasteiger partial charge in [-0.2, -0.15) is 5.26 Å². The summed E-state index contributed by atoms with van der Waals surface area (Å²) < 4.78 is 0. The van der Waals surface area contributed by atoms with Crippen LogP contribution in [0.5, 0.6) is 5.88 Å². The molecule has 0 aromatic carbocycles. The molecule has 0 fully saturated rings. The van der Waals surface area contributed by atoms with Gasteiger partial charge in [0.2, 0.25) is 5.88 Å². The Morgan fingerprint density at radius 2 is 2.31 bits per heavy atom. The molecule has 0 saturated carbocycles. The molecule has 13 heavy (non-hydrogen) atoms. The van der Waals surface area contributed by atoms with Crippen LogP contribution in [0.3, 0.4) is 0 Å². The molecular formula is C6H3N3O4. The zero-order valence-electron chi connectivity index (χ0n) is 6.14. The maximum Gasteiger partial charge on any atom is 0.298 e. The monoisotopic (exact) mass is 181 g/mol. The molecule has 0 saturated heterocycles. The van der Waals surface area contributed by atoms with Gasteiger partial charge in [-0.1, -0.05) is 0 Å². The van der Waals surface area contributed by atoms with Gasteiger partial charge in [-0.15, -0.1) is 0 Å². The molecule has 0 aliphatic heterocycles. The van der Waals surface area contributed by atoms with Crippen LogP contribution in [0.4, 0.5) is 5.69 Å². The molecule has 1 rings (SSSR count). The fraction of sp³-hybridized carbons (Fsp3) is 0. The minimum Gasteiger partial charge on any atom is -0.493 e. The number of pyridine rings is 1. The lowest BCUT2D eigenvalue weighted by atomic mass is 10.2. The summed E-state index contributed by atoms with van der Waals surface area (Å²) in [6, 6.07) is 2.05. The summed E-state index contributed by atoms with van der Waals surface area (Å²) in [6.45, 7) is 0. The van der Waals surface area contributed by atoms with Gasteiger partial charge in [-0.05, 0) is 0 Å². The molecule has 1 heterocycles. The van der Waals surface area contributed by atoms with Crippen molar-refractivity contribution in [1.82, 2.24) is 4.98 Å². The maximum atomic E-state index is 10.7. The zero-order valence-corrected chi connectivity index (χ0v) is 6.14. The molecule has 0 spiro atoms. The first-order valence-electron chi connectivity index (χ1n) is 3.07. The first-order valence-corrected chi connectivity index (χ1v) is 3.07. The fourth-order valence-electron chi connectivity index (χ4n) is 0.787. The van der Waals surface area contributed by atoms with Crippen LogP contribution in [0.15, 0.2) is 10.9 Å². The van der Waals surface area contributed by atoms with E-state index in [-0.39, 0.29) is 0 Å². The summed E-state index contributed by atoms with van der Waals surface area (Å²) in [6.07, 6.45) is 0. The highest BCUT2D eigenvalue weighted by Gasteiger charge is 2.18. The van der Waals surface area contributed by atoms with Crippen LogP contribution in [0.2, 0.25) is 0 Å². The lowest BCUT2D eigenvalue weighted by molar-refractivity contribution is -0.385. The molecule has 1 aromatic heterocycles. The number of aromatic hydroxyl groups is 1. The Kier molecular flexibility index (Phi) is 1.98. The van der Waals surface area contributed by atoms with E-state index in [4.69, 9.17) is 10.4 Å². The Morgan fingerprint density at radius 1 is 1.69 bits per heavy atom. The topological polar surface area (TPSA) is 120 Å². The molecule has 66 valence electrons. The van der Waals surface area contributed by atoms with Crippen LogP contribution >= 0.6 is 0 Å². The van der Waals surface area contributed by atoms with E-state index < -0.39 is 27.6 Å². The largest absolute Gasteiger partial charge is 0.493 e. The second-order valence-electron chi connectivity index (χ2n) is 2.11.